The van der Waals surface area contributed by atoms with Gasteiger partial charge in [-0.25, -0.2) is 0 Å². The SMILES string of the molecule is COc1ccccc1C(=O)N(CC(=O)N(Cc1cccn1C)C1CC1)C1CCCCC1. The Hall–Kier alpha value is -2.76. The average Bonchev–Trinajstić information content (AvgIpc) is 3.57. The number of hydrogen-bond donors (Lipinski definition) is 0. The fraction of sp³-hybridized carbons (Fsp3) is 0.520. The quantitative estimate of drug-likeness (QED) is 0.645. The topological polar surface area (TPSA) is 54.8 Å². The Morgan fingerprint density at radius 3 is 2.32 bits per heavy atom. The van der Waals surface area contributed by atoms with E-state index in [0.29, 0.717) is 17.9 Å². The number of nitrogens with zero attached hydrogens (tertiary/aromatic N) is 3. The van der Waals surface area contributed by atoms with E-state index in [0.717, 1.165) is 44.2 Å². The van der Waals surface area contributed by atoms with Crippen molar-refractivity contribution < 1.29 is 14.3 Å². The first-order valence-corrected chi connectivity index (χ1v) is 11.4. The van der Waals surface area contributed by atoms with Crippen LogP contribution in [0.2, 0.25) is 0 Å². The molecule has 2 saturated carbocycles. The number of hydrogen-bond acceptors (Lipinski definition) is 3. The standard InChI is InChI=1S/C25H33N3O3/c1-26-16-8-11-21(26)17-27(20-14-15-20)24(29)18-28(19-9-4-3-5-10-19)25(30)22-12-6-7-13-23(22)31-2/h6-8,11-13,16,19-20H,3-5,9-10,14-15,17-18H2,1-2H3. The molecule has 2 aliphatic rings. The summed E-state index contributed by atoms with van der Waals surface area (Å²) in [5.74, 6) is 0.494. The van der Waals surface area contributed by atoms with Crippen LogP contribution >= 0.6 is 0 Å². The van der Waals surface area contributed by atoms with E-state index in [1.54, 1.807) is 19.2 Å². The minimum absolute atomic E-state index is 0.0394. The molecule has 166 valence electrons. The Balaban J connectivity index is 1.56. The molecule has 1 aromatic heterocycles. The van der Waals surface area contributed by atoms with E-state index < -0.39 is 0 Å². The van der Waals surface area contributed by atoms with Crippen LogP contribution < -0.4 is 4.74 Å². The summed E-state index contributed by atoms with van der Waals surface area (Å²) >= 11 is 0. The van der Waals surface area contributed by atoms with E-state index in [1.807, 2.05) is 41.2 Å². The van der Waals surface area contributed by atoms with Gasteiger partial charge in [-0.1, -0.05) is 31.4 Å². The predicted octanol–water partition coefficient (Wildman–Crippen LogP) is 4.00. The largest absolute Gasteiger partial charge is 0.496 e. The number of ether oxygens (including phenoxy) is 1. The van der Waals surface area contributed by atoms with Gasteiger partial charge in [0.15, 0.2) is 0 Å². The molecule has 0 N–H and O–H groups in total. The number of carbonyl (C=O) groups excluding carboxylic acids is 2. The van der Waals surface area contributed by atoms with Gasteiger partial charge in [0.2, 0.25) is 5.91 Å². The summed E-state index contributed by atoms with van der Waals surface area (Å²) < 4.78 is 7.50. The number of carbonyl (C=O) groups is 2. The molecule has 2 aliphatic carbocycles. The molecule has 2 aromatic rings. The molecule has 0 saturated heterocycles. The molecule has 0 aliphatic heterocycles. The fourth-order valence-electron chi connectivity index (χ4n) is 4.61. The van der Waals surface area contributed by atoms with Crippen LogP contribution in [0.25, 0.3) is 0 Å². The Morgan fingerprint density at radius 1 is 0.968 bits per heavy atom. The summed E-state index contributed by atoms with van der Waals surface area (Å²) in [6.45, 7) is 0.719. The van der Waals surface area contributed by atoms with Gasteiger partial charge in [-0.15, -0.1) is 0 Å². The number of aromatic nitrogens is 1. The van der Waals surface area contributed by atoms with E-state index >= 15 is 0 Å². The molecule has 0 radical (unpaired) electrons. The minimum atomic E-state index is -0.104. The lowest BCUT2D eigenvalue weighted by Crippen LogP contribution is -2.48. The third-order valence-corrected chi connectivity index (χ3v) is 6.61. The molecule has 6 heteroatoms. The zero-order valence-corrected chi connectivity index (χ0v) is 18.6. The molecule has 0 atom stereocenters. The summed E-state index contributed by atoms with van der Waals surface area (Å²) in [6.07, 6.45) is 9.40. The molecule has 1 aromatic carbocycles. The second kappa shape index (κ2) is 9.58. The van der Waals surface area contributed by atoms with E-state index in [1.165, 1.54) is 6.42 Å². The smallest absolute Gasteiger partial charge is 0.258 e. The molecule has 6 nitrogen and oxygen atoms in total. The number of aryl methyl sites for hydroxylation is 1. The van der Waals surface area contributed by atoms with Gasteiger partial charge < -0.3 is 19.1 Å². The predicted molar refractivity (Wildman–Crippen MR) is 120 cm³/mol. The first-order chi connectivity index (χ1) is 15.1. The highest BCUT2D eigenvalue weighted by Crippen LogP contribution is 2.30. The van der Waals surface area contributed by atoms with Crippen molar-refractivity contribution >= 4 is 11.8 Å². The van der Waals surface area contributed by atoms with Crippen molar-refractivity contribution in [3.05, 3.63) is 53.9 Å². The number of amides is 2. The maximum atomic E-state index is 13.6. The Kier molecular flexibility index (Phi) is 6.64. The highest BCUT2D eigenvalue weighted by Gasteiger charge is 2.36. The second-order valence-electron chi connectivity index (χ2n) is 8.79. The van der Waals surface area contributed by atoms with E-state index in [2.05, 4.69) is 10.6 Å². The lowest BCUT2D eigenvalue weighted by atomic mass is 9.93. The third-order valence-electron chi connectivity index (χ3n) is 6.61. The molecule has 4 rings (SSSR count). The first kappa shape index (κ1) is 21.5. The number of para-hydroxylation sites is 1. The highest BCUT2D eigenvalue weighted by molar-refractivity contribution is 5.99. The molecule has 0 bridgehead atoms. The van der Waals surface area contributed by atoms with Crippen molar-refractivity contribution in [3.8, 4) is 5.75 Å². The van der Waals surface area contributed by atoms with Crippen LogP contribution in [0.5, 0.6) is 5.75 Å². The molecular formula is C25H33N3O3. The van der Waals surface area contributed by atoms with E-state index in [-0.39, 0.29) is 30.4 Å². The van der Waals surface area contributed by atoms with Gasteiger partial charge in [0.1, 0.15) is 12.3 Å². The van der Waals surface area contributed by atoms with Gasteiger partial charge in [0.25, 0.3) is 5.91 Å². The fourth-order valence-corrected chi connectivity index (χ4v) is 4.61. The van der Waals surface area contributed by atoms with Crippen LogP contribution in [0.4, 0.5) is 0 Å². The lowest BCUT2D eigenvalue weighted by Gasteiger charge is -2.36. The van der Waals surface area contributed by atoms with Crippen molar-refractivity contribution in [3.63, 3.8) is 0 Å². The van der Waals surface area contributed by atoms with Crippen molar-refractivity contribution in [2.75, 3.05) is 13.7 Å². The molecular weight excluding hydrogens is 390 g/mol. The molecule has 1 heterocycles. The van der Waals surface area contributed by atoms with Crippen LogP contribution in [0.15, 0.2) is 42.6 Å². The van der Waals surface area contributed by atoms with Crippen LogP contribution in [0.1, 0.15) is 61.0 Å². The maximum absolute atomic E-state index is 13.6. The number of benzene rings is 1. The summed E-state index contributed by atoms with van der Waals surface area (Å²) in [7, 11) is 3.58. The number of rotatable bonds is 8. The molecule has 2 fully saturated rings. The van der Waals surface area contributed by atoms with Crippen molar-refractivity contribution in [2.45, 2.75) is 63.6 Å². The highest BCUT2D eigenvalue weighted by atomic mass is 16.5. The van der Waals surface area contributed by atoms with E-state index in [9.17, 15) is 9.59 Å². The summed E-state index contributed by atoms with van der Waals surface area (Å²) in [4.78, 5) is 30.9. The van der Waals surface area contributed by atoms with Crippen LogP contribution in [0, 0.1) is 0 Å². The Bertz CT molecular complexity index is 912. The van der Waals surface area contributed by atoms with Gasteiger partial charge in [0.05, 0.1) is 19.2 Å². The van der Waals surface area contributed by atoms with Gasteiger partial charge >= 0.3 is 0 Å². The molecule has 2 amide bonds. The zero-order valence-electron chi connectivity index (χ0n) is 18.6. The van der Waals surface area contributed by atoms with Crippen molar-refractivity contribution in [2.24, 2.45) is 7.05 Å². The summed E-state index contributed by atoms with van der Waals surface area (Å²) in [6, 6.07) is 11.8. The monoisotopic (exact) mass is 423 g/mol. The van der Waals surface area contributed by atoms with Crippen LogP contribution in [-0.4, -0.2) is 51.9 Å². The molecule has 0 unspecified atom stereocenters. The first-order valence-electron chi connectivity index (χ1n) is 11.4. The Morgan fingerprint density at radius 2 is 1.68 bits per heavy atom. The molecule has 31 heavy (non-hydrogen) atoms. The van der Waals surface area contributed by atoms with Gasteiger partial charge in [-0.2, -0.15) is 0 Å². The summed E-state index contributed by atoms with van der Waals surface area (Å²) in [5.41, 5.74) is 1.64. The normalized spacial score (nSPS) is 16.7. The van der Waals surface area contributed by atoms with Gasteiger partial charge in [-0.3, -0.25) is 9.59 Å². The maximum Gasteiger partial charge on any atom is 0.258 e. The van der Waals surface area contributed by atoms with Crippen molar-refractivity contribution in [1.82, 2.24) is 14.4 Å². The third kappa shape index (κ3) is 4.94. The van der Waals surface area contributed by atoms with Gasteiger partial charge in [-0.05, 0) is 49.9 Å². The second-order valence-corrected chi connectivity index (χ2v) is 8.79. The van der Waals surface area contributed by atoms with Crippen LogP contribution in [-0.2, 0) is 18.4 Å². The summed E-state index contributed by atoms with van der Waals surface area (Å²) in [5, 5.41) is 0. The number of methoxy groups -OCH3 is 1. The van der Waals surface area contributed by atoms with Gasteiger partial charge in [0, 0.05) is 31.0 Å². The average molecular weight is 424 g/mol. The van der Waals surface area contributed by atoms with E-state index in [4.69, 9.17) is 4.74 Å². The van der Waals surface area contributed by atoms with Crippen LogP contribution in [0.3, 0.4) is 0 Å². The minimum Gasteiger partial charge on any atom is -0.496 e. The lowest BCUT2D eigenvalue weighted by molar-refractivity contribution is -0.133. The Labute approximate surface area is 184 Å². The molecule has 0 spiro atoms. The zero-order chi connectivity index (χ0) is 21.8. The van der Waals surface area contributed by atoms with Crippen molar-refractivity contribution in [1.29, 1.82) is 0 Å².